The summed E-state index contributed by atoms with van der Waals surface area (Å²) in [6.45, 7) is 8.87. The van der Waals surface area contributed by atoms with Gasteiger partial charge in [0, 0.05) is 19.5 Å². The van der Waals surface area contributed by atoms with Gasteiger partial charge in [0.05, 0.1) is 0 Å². The summed E-state index contributed by atoms with van der Waals surface area (Å²) in [6, 6.07) is 0. The molecule has 0 unspecified atom stereocenters. The normalized spacial score (nSPS) is 18.5. The van der Waals surface area contributed by atoms with Gasteiger partial charge in [0.1, 0.15) is 0 Å². The highest BCUT2D eigenvalue weighted by molar-refractivity contribution is 4.95. The van der Waals surface area contributed by atoms with Gasteiger partial charge in [-0.15, -0.1) is 11.8 Å². The molecule has 0 amide bonds. The van der Waals surface area contributed by atoms with Crippen LogP contribution in [0.2, 0.25) is 0 Å². The molecule has 0 aromatic rings. The summed E-state index contributed by atoms with van der Waals surface area (Å²) in [7, 11) is 0. The SMILES string of the molecule is CC#CCCNCC1(CC(C)C)CCCC1. The van der Waals surface area contributed by atoms with Crippen LogP contribution in [-0.2, 0) is 0 Å². The van der Waals surface area contributed by atoms with Gasteiger partial charge in [-0.2, -0.15) is 0 Å². The van der Waals surface area contributed by atoms with Gasteiger partial charge in [-0.1, -0.05) is 26.7 Å². The highest BCUT2D eigenvalue weighted by Gasteiger charge is 2.33. The first-order valence-electron chi connectivity index (χ1n) is 6.79. The molecule has 0 aliphatic heterocycles. The van der Waals surface area contributed by atoms with Crippen LogP contribution in [0.4, 0.5) is 0 Å². The van der Waals surface area contributed by atoms with Crippen LogP contribution in [0.15, 0.2) is 0 Å². The molecule has 0 aromatic carbocycles. The summed E-state index contributed by atoms with van der Waals surface area (Å²) in [5.41, 5.74) is 0.605. The van der Waals surface area contributed by atoms with Gasteiger partial charge in [0.25, 0.3) is 0 Å². The van der Waals surface area contributed by atoms with E-state index in [0.29, 0.717) is 5.41 Å². The maximum Gasteiger partial charge on any atom is 0.0214 e. The standard InChI is InChI=1S/C15H27N/c1-4-5-8-11-16-13-15(12-14(2)3)9-6-7-10-15/h14,16H,6-13H2,1-3H3. The third-order valence-electron chi connectivity index (χ3n) is 3.61. The van der Waals surface area contributed by atoms with Crippen LogP contribution in [-0.4, -0.2) is 13.1 Å². The molecule has 0 heterocycles. The van der Waals surface area contributed by atoms with Crippen molar-refractivity contribution in [2.24, 2.45) is 11.3 Å². The van der Waals surface area contributed by atoms with Gasteiger partial charge in [-0.3, -0.25) is 0 Å². The Labute approximate surface area is 101 Å². The Morgan fingerprint density at radius 3 is 2.50 bits per heavy atom. The van der Waals surface area contributed by atoms with Crippen molar-refractivity contribution in [2.75, 3.05) is 13.1 Å². The van der Waals surface area contributed by atoms with E-state index in [9.17, 15) is 0 Å². The number of rotatable bonds is 6. The highest BCUT2D eigenvalue weighted by Crippen LogP contribution is 2.42. The predicted molar refractivity (Wildman–Crippen MR) is 71.3 cm³/mol. The van der Waals surface area contributed by atoms with Crippen molar-refractivity contribution in [3.8, 4) is 11.8 Å². The van der Waals surface area contributed by atoms with Gasteiger partial charge in [-0.25, -0.2) is 0 Å². The van der Waals surface area contributed by atoms with Crippen LogP contribution in [0.3, 0.4) is 0 Å². The average Bonchev–Trinajstić information content (AvgIpc) is 2.65. The first-order chi connectivity index (χ1) is 7.68. The molecule has 0 radical (unpaired) electrons. The lowest BCUT2D eigenvalue weighted by Crippen LogP contribution is -2.33. The van der Waals surface area contributed by atoms with E-state index in [1.807, 2.05) is 6.92 Å². The number of hydrogen-bond donors (Lipinski definition) is 1. The molecule has 1 rings (SSSR count). The lowest BCUT2D eigenvalue weighted by Gasteiger charge is -2.31. The van der Waals surface area contributed by atoms with Crippen molar-refractivity contribution in [3.05, 3.63) is 0 Å². The van der Waals surface area contributed by atoms with Crippen molar-refractivity contribution in [2.45, 2.75) is 59.3 Å². The molecule has 1 nitrogen and oxygen atoms in total. The Bertz CT molecular complexity index is 238. The monoisotopic (exact) mass is 221 g/mol. The third-order valence-corrected chi connectivity index (χ3v) is 3.61. The first-order valence-corrected chi connectivity index (χ1v) is 6.79. The molecule has 0 atom stereocenters. The molecular weight excluding hydrogens is 194 g/mol. The molecule has 1 aliphatic rings. The summed E-state index contributed by atoms with van der Waals surface area (Å²) in [5.74, 6) is 6.89. The summed E-state index contributed by atoms with van der Waals surface area (Å²) < 4.78 is 0. The zero-order valence-electron chi connectivity index (χ0n) is 11.2. The molecule has 1 fully saturated rings. The number of hydrogen-bond acceptors (Lipinski definition) is 1. The molecule has 92 valence electrons. The molecule has 0 aromatic heterocycles. The average molecular weight is 221 g/mol. The molecule has 1 saturated carbocycles. The maximum atomic E-state index is 3.61. The Balaban J connectivity index is 2.29. The summed E-state index contributed by atoms with van der Waals surface area (Å²) in [4.78, 5) is 0. The van der Waals surface area contributed by atoms with Crippen molar-refractivity contribution in [1.82, 2.24) is 5.32 Å². The largest absolute Gasteiger partial charge is 0.315 e. The molecule has 0 saturated heterocycles. The second-order valence-corrected chi connectivity index (χ2v) is 5.66. The van der Waals surface area contributed by atoms with E-state index in [-0.39, 0.29) is 0 Å². The quantitative estimate of drug-likeness (QED) is 0.534. The fraction of sp³-hybridized carbons (Fsp3) is 0.867. The highest BCUT2D eigenvalue weighted by atomic mass is 14.9. The van der Waals surface area contributed by atoms with Crippen molar-refractivity contribution in [3.63, 3.8) is 0 Å². The number of nitrogens with one attached hydrogen (secondary N) is 1. The summed E-state index contributed by atoms with van der Waals surface area (Å²) in [6.07, 6.45) is 8.11. The van der Waals surface area contributed by atoms with Crippen molar-refractivity contribution >= 4 is 0 Å². The minimum Gasteiger partial charge on any atom is -0.315 e. The van der Waals surface area contributed by atoms with Gasteiger partial charge in [0.2, 0.25) is 0 Å². The molecule has 0 bridgehead atoms. The third kappa shape index (κ3) is 4.58. The first kappa shape index (κ1) is 13.6. The Morgan fingerprint density at radius 2 is 1.94 bits per heavy atom. The van der Waals surface area contributed by atoms with Gasteiger partial charge < -0.3 is 5.32 Å². The fourth-order valence-corrected chi connectivity index (χ4v) is 3.07. The zero-order chi connectivity index (χ0) is 11.9. The Hall–Kier alpha value is -0.480. The summed E-state index contributed by atoms with van der Waals surface area (Å²) in [5, 5.41) is 3.61. The van der Waals surface area contributed by atoms with E-state index in [1.165, 1.54) is 38.6 Å². The molecular formula is C15H27N. The van der Waals surface area contributed by atoms with Crippen LogP contribution >= 0.6 is 0 Å². The van der Waals surface area contributed by atoms with Gasteiger partial charge >= 0.3 is 0 Å². The smallest absolute Gasteiger partial charge is 0.0214 e. The topological polar surface area (TPSA) is 12.0 Å². The molecule has 1 heteroatoms. The van der Waals surface area contributed by atoms with Crippen LogP contribution in [0.1, 0.15) is 59.3 Å². The molecule has 16 heavy (non-hydrogen) atoms. The van der Waals surface area contributed by atoms with Crippen LogP contribution in [0.5, 0.6) is 0 Å². The summed E-state index contributed by atoms with van der Waals surface area (Å²) >= 11 is 0. The van der Waals surface area contributed by atoms with E-state index < -0.39 is 0 Å². The van der Waals surface area contributed by atoms with Crippen LogP contribution < -0.4 is 5.32 Å². The van der Waals surface area contributed by atoms with E-state index in [0.717, 1.165) is 18.9 Å². The van der Waals surface area contributed by atoms with E-state index in [2.05, 4.69) is 31.0 Å². The fourth-order valence-electron chi connectivity index (χ4n) is 3.07. The van der Waals surface area contributed by atoms with Gasteiger partial charge in [-0.05, 0) is 37.5 Å². The Kier molecular flexibility index (Phi) is 5.91. The molecule has 0 spiro atoms. The minimum atomic E-state index is 0.605. The lowest BCUT2D eigenvalue weighted by molar-refractivity contribution is 0.225. The molecule has 1 aliphatic carbocycles. The lowest BCUT2D eigenvalue weighted by atomic mass is 9.78. The molecule has 1 N–H and O–H groups in total. The predicted octanol–water partition coefficient (Wildman–Crippen LogP) is 3.60. The van der Waals surface area contributed by atoms with E-state index in [4.69, 9.17) is 0 Å². The maximum absolute atomic E-state index is 3.61. The second kappa shape index (κ2) is 6.97. The van der Waals surface area contributed by atoms with Crippen molar-refractivity contribution in [1.29, 1.82) is 0 Å². The van der Waals surface area contributed by atoms with E-state index in [1.54, 1.807) is 0 Å². The van der Waals surface area contributed by atoms with Crippen LogP contribution in [0, 0.1) is 23.2 Å². The van der Waals surface area contributed by atoms with E-state index >= 15 is 0 Å². The second-order valence-electron chi connectivity index (χ2n) is 5.66. The minimum absolute atomic E-state index is 0.605. The van der Waals surface area contributed by atoms with Crippen LogP contribution in [0.25, 0.3) is 0 Å². The Morgan fingerprint density at radius 1 is 1.25 bits per heavy atom. The van der Waals surface area contributed by atoms with Gasteiger partial charge in [0.15, 0.2) is 0 Å². The zero-order valence-corrected chi connectivity index (χ0v) is 11.2. The van der Waals surface area contributed by atoms with Crippen molar-refractivity contribution < 1.29 is 0 Å².